The van der Waals surface area contributed by atoms with Crippen LogP contribution in [-0.2, 0) is 11.3 Å². The molecule has 2 heterocycles. The molecule has 6 heteroatoms. The molecule has 0 aliphatic heterocycles. The second-order valence-corrected chi connectivity index (χ2v) is 6.48. The van der Waals surface area contributed by atoms with E-state index >= 15 is 0 Å². The van der Waals surface area contributed by atoms with Crippen LogP contribution >= 0.6 is 11.3 Å². The molecule has 26 heavy (non-hydrogen) atoms. The van der Waals surface area contributed by atoms with E-state index in [0.717, 1.165) is 5.56 Å². The molecule has 0 radical (unpaired) electrons. The fourth-order valence-corrected chi connectivity index (χ4v) is 3.08. The SMILES string of the molecule is O=C(CCNC(=O)c1ccsc1)N=c1ccccn1Cc1ccccc1. The van der Waals surface area contributed by atoms with Crippen molar-refractivity contribution >= 4 is 23.2 Å². The highest BCUT2D eigenvalue weighted by atomic mass is 32.1. The molecule has 2 aromatic heterocycles. The lowest BCUT2D eigenvalue weighted by molar-refractivity contribution is -0.118. The molecule has 0 bridgehead atoms. The van der Waals surface area contributed by atoms with Gasteiger partial charge in [0.15, 0.2) is 0 Å². The van der Waals surface area contributed by atoms with Crippen molar-refractivity contribution in [2.75, 3.05) is 6.54 Å². The van der Waals surface area contributed by atoms with E-state index in [2.05, 4.69) is 10.3 Å². The Kier molecular flexibility index (Phi) is 6.11. The van der Waals surface area contributed by atoms with E-state index in [-0.39, 0.29) is 24.8 Å². The molecule has 0 aliphatic carbocycles. The van der Waals surface area contributed by atoms with Gasteiger partial charge in [0, 0.05) is 36.7 Å². The van der Waals surface area contributed by atoms with Crippen LogP contribution in [0.4, 0.5) is 0 Å². The number of amides is 2. The third-order valence-electron chi connectivity index (χ3n) is 3.76. The van der Waals surface area contributed by atoms with E-state index in [9.17, 15) is 9.59 Å². The van der Waals surface area contributed by atoms with Crippen LogP contribution in [0, 0.1) is 0 Å². The predicted octanol–water partition coefficient (Wildman–Crippen LogP) is 2.85. The van der Waals surface area contributed by atoms with Gasteiger partial charge in [-0.3, -0.25) is 9.59 Å². The maximum atomic E-state index is 12.2. The summed E-state index contributed by atoms with van der Waals surface area (Å²) in [4.78, 5) is 28.2. The number of carbonyl (C=O) groups is 2. The van der Waals surface area contributed by atoms with Gasteiger partial charge in [0.05, 0.1) is 0 Å². The minimum absolute atomic E-state index is 0.163. The third kappa shape index (κ3) is 5.00. The number of thiophene rings is 1. The quantitative estimate of drug-likeness (QED) is 0.730. The van der Waals surface area contributed by atoms with E-state index < -0.39 is 0 Å². The summed E-state index contributed by atoms with van der Waals surface area (Å²) in [5.74, 6) is -0.429. The first-order valence-electron chi connectivity index (χ1n) is 8.30. The van der Waals surface area contributed by atoms with Gasteiger partial charge in [-0.25, -0.2) is 0 Å². The molecule has 0 aliphatic rings. The third-order valence-corrected chi connectivity index (χ3v) is 4.44. The average Bonchev–Trinajstić information content (AvgIpc) is 3.19. The largest absolute Gasteiger partial charge is 0.351 e. The molecule has 5 nitrogen and oxygen atoms in total. The second-order valence-electron chi connectivity index (χ2n) is 5.70. The van der Waals surface area contributed by atoms with Gasteiger partial charge >= 0.3 is 0 Å². The number of hydrogen-bond donors (Lipinski definition) is 1. The first-order chi connectivity index (χ1) is 12.7. The number of rotatable bonds is 6. The smallest absolute Gasteiger partial charge is 0.252 e. The van der Waals surface area contributed by atoms with Gasteiger partial charge in [-0.15, -0.1) is 0 Å². The Morgan fingerprint density at radius 1 is 1.04 bits per heavy atom. The average molecular weight is 365 g/mol. The van der Waals surface area contributed by atoms with Crippen molar-refractivity contribution in [1.82, 2.24) is 9.88 Å². The van der Waals surface area contributed by atoms with Crippen LogP contribution in [0.3, 0.4) is 0 Å². The normalized spacial score (nSPS) is 11.3. The fourth-order valence-electron chi connectivity index (χ4n) is 2.44. The minimum Gasteiger partial charge on any atom is -0.351 e. The van der Waals surface area contributed by atoms with Gasteiger partial charge in [0.2, 0.25) is 5.91 Å². The summed E-state index contributed by atoms with van der Waals surface area (Å²) in [5.41, 5.74) is 2.35. The number of hydrogen-bond acceptors (Lipinski definition) is 3. The van der Waals surface area contributed by atoms with Crippen LogP contribution in [0.25, 0.3) is 0 Å². The molecule has 0 atom stereocenters. The summed E-state index contributed by atoms with van der Waals surface area (Å²) >= 11 is 1.46. The standard InChI is InChI=1S/C20H19N3O2S/c24-19(9-11-21-20(25)17-10-13-26-15-17)22-18-8-4-5-12-23(18)14-16-6-2-1-3-7-16/h1-8,10,12-13,15H,9,11,14H2,(H,21,25). The Balaban J connectivity index is 1.62. The number of aromatic nitrogens is 1. The van der Waals surface area contributed by atoms with E-state index in [1.807, 2.05) is 64.7 Å². The lowest BCUT2D eigenvalue weighted by atomic mass is 10.2. The van der Waals surface area contributed by atoms with Crippen LogP contribution in [0.2, 0.25) is 0 Å². The van der Waals surface area contributed by atoms with Crippen molar-refractivity contribution in [3.63, 3.8) is 0 Å². The maximum absolute atomic E-state index is 12.2. The molecule has 3 rings (SSSR count). The van der Waals surface area contributed by atoms with Crippen molar-refractivity contribution in [1.29, 1.82) is 0 Å². The van der Waals surface area contributed by atoms with Crippen molar-refractivity contribution < 1.29 is 9.59 Å². The number of pyridine rings is 1. The molecule has 0 saturated carbocycles. The van der Waals surface area contributed by atoms with Gasteiger partial charge in [-0.05, 0) is 29.1 Å². The molecule has 1 aromatic carbocycles. The van der Waals surface area contributed by atoms with Crippen molar-refractivity contribution in [3.05, 3.63) is 88.2 Å². The maximum Gasteiger partial charge on any atom is 0.252 e. The van der Waals surface area contributed by atoms with Gasteiger partial charge in [-0.1, -0.05) is 36.4 Å². The van der Waals surface area contributed by atoms with E-state index in [1.54, 1.807) is 11.4 Å². The summed E-state index contributed by atoms with van der Waals surface area (Å²) in [6, 6.07) is 17.3. The summed E-state index contributed by atoms with van der Waals surface area (Å²) in [6.45, 7) is 0.908. The molecule has 132 valence electrons. The number of benzene rings is 1. The molecule has 1 N–H and O–H groups in total. The Morgan fingerprint density at radius 2 is 1.85 bits per heavy atom. The fraction of sp³-hybridized carbons (Fsp3) is 0.150. The van der Waals surface area contributed by atoms with E-state index in [4.69, 9.17) is 0 Å². The first-order valence-corrected chi connectivity index (χ1v) is 9.24. The van der Waals surface area contributed by atoms with Crippen LogP contribution in [-0.4, -0.2) is 22.9 Å². The van der Waals surface area contributed by atoms with Crippen LogP contribution < -0.4 is 10.8 Å². The zero-order valence-corrected chi connectivity index (χ0v) is 15.0. The zero-order chi connectivity index (χ0) is 18.2. The second kappa shape index (κ2) is 8.92. The van der Waals surface area contributed by atoms with Gasteiger partial charge in [0.25, 0.3) is 5.91 Å². The highest BCUT2D eigenvalue weighted by Gasteiger charge is 2.06. The lowest BCUT2D eigenvalue weighted by Gasteiger charge is -2.07. The summed E-state index contributed by atoms with van der Waals surface area (Å²) in [5, 5.41) is 6.36. The van der Waals surface area contributed by atoms with Crippen LogP contribution in [0.5, 0.6) is 0 Å². The van der Waals surface area contributed by atoms with Crippen LogP contribution in [0.15, 0.2) is 76.5 Å². The highest BCUT2D eigenvalue weighted by Crippen LogP contribution is 2.05. The molecular weight excluding hydrogens is 346 g/mol. The molecule has 0 saturated heterocycles. The zero-order valence-electron chi connectivity index (χ0n) is 14.2. The lowest BCUT2D eigenvalue weighted by Crippen LogP contribution is -2.26. The van der Waals surface area contributed by atoms with Crippen molar-refractivity contribution in [2.24, 2.45) is 4.99 Å². The summed E-state index contributed by atoms with van der Waals surface area (Å²) < 4.78 is 1.93. The number of nitrogens with one attached hydrogen (secondary N) is 1. The van der Waals surface area contributed by atoms with Crippen LogP contribution in [0.1, 0.15) is 22.3 Å². The molecule has 2 amide bonds. The Labute approximate surface area is 155 Å². The summed E-state index contributed by atoms with van der Waals surface area (Å²) in [7, 11) is 0. The van der Waals surface area contributed by atoms with E-state index in [1.165, 1.54) is 11.3 Å². The number of nitrogens with zero attached hydrogens (tertiary/aromatic N) is 2. The molecule has 0 unspecified atom stereocenters. The molecular formula is C20H19N3O2S. The molecule has 0 fully saturated rings. The predicted molar refractivity (Wildman–Crippen MR) is 102 cm³/mol. The monoisotopic (exact) mass is 365 g/mol. The number of carbonyl (C=O) groups excluding carboxylic acids is 2. The molecule has 0 spiro atoms. The molecule has 3 aromatic rings. The Morgan fingerprint density at radius 3 is 2.62 bits per heavy atom. The van der Waals surface area contributed by atoms with Crippen molar-refractivity contribution in [2.45, 2.75) is 13.0 Å². The first kappa shape index (κ1) is 17.8. The van der Waals surface area contributed by atoms with Crippen molar-refractivity contribution in [3.8, 4) is 0 Å². The van der Waals surface area contributed by atoms with Gasteiger partial charge < -0.3 is 9.88 Å². The summed E-state index contributed by atoms with van der Waals surface area (Å²) in [6.07, 6.45) is 2.06. The minimum atomic E-state index is -0.261. The topological polar surface area (TPSA) is 63.5 Å². The van der Waals surface area contributed by atoms with E-state index in [0.29, 0.717) is 17.6 Å². The Bertz CT molecular complexity index is 931. The van der Waals surface area contributed by atoms with Gasteiger partial charge in [-0.2, -0.15) is 16.3 Å². The Hall–Kier alpha value is -2.99. The van der Waals surface area contributed by atoms with Gasteiger partial charge in [0.1, 0.15) is 5.49 Å². The highest BCUT2D eigenvalue weighted by molar-refractivity contribution is 7.08.